The highest BCUT2D eigenvalue weighted by atomic mass is 16.1. The quantitative estimate of drug-likeness (QED) is 0.669. The molecule has 2 aromatic carbocycles. The number of aryl methyl sites for hydroxylation is 3. The molecule has 0 bridgehead atoms. The van der Waals surface area contributed by atoms with E-state index in [9.17, 15) is 4.79 Å². The van der Waals surface area contributed by atoms with E-state index in [0.717, 1.165) is 17.4 Å². The molecule has 0 aliphatic rings. The third-order valence-electron chi connectivity index (χ3n) is 2.74. The number of carbonyl (C=O) groups excluding carboxylic acids is 1. The van der Waals surface area contributed by atoms with Gasteiger partial charge in [-0.3, -0.25) is 4.79 Å². The predicted octanol–water partition coefficient (Wildman–Crippen LogP) is 4.11. The molecule has 1 heteroatoms. The SMILES string of the molecule is Cc1ccccc1C.Cc1ccccc1C=O. The van der Waals surface area contributed by atoms with Crippen molar-refractivity contribution < 1.29 is 4.79 Å². The van der Waals surface area contributed by atoms with Crippen molar-refractivity contribution in [2.24, 2.45) is 0 Å². The van der Waals surface area contributed by atoms with Gasteiger partial charge in [-0.1, -0.05) is 48.5 Å². The summed E-state index contributed by atoms with van der Waals surface area (Å²) >= 11 is 0. The van der Waals surface area contributed by atoms with E-state index in [0.29, 0.717) is 0 Å². The molecule has 0 fully saturated rings. The second-order valence-electron chi connectivity index (χ2n) is 4.06. The van der Waals surface area contributed by atoms with Crippen molar-refractivity contribution in [1.29, 1.82) is 0 Å². The largest absolute Gasteiger partial charge is 0.298 e. The molecule has 0 amide bonds. The average molecular weight is 226 g/mol. The lowest BCUT2D eigenvalue weighted by Gasteiger charge is -1.93. The van der Waals surface area contributed by atoms with Crippen LogP contribution in [0.25, 0.3) is 0 Å². The van der Waals surface area contributed by atoms with Gasteiger partial charge in [-0.05, 0) is 37.5 Å². The van der Waals surface area contributed by atoms with Gasteiger partial charge >= 0.3 is 0 Å². The van der Waals surface area contributed by atoms with E-state index in [2.05, 4.69) is 38.1 Å². The Morgan fingerprint density at radius 1 is 0.706 bits per heavy atom. The van der Waals surface area contributed by atoms with Crippen LogP contribution in [-0.4, -0.2) is 6.29 Å². The second-order valence-corrected chi connectivity index (χ2v) is 4.06. The van der Waals surface area contributed by atoms with Crippen LogP contribution in [0.15, 0.2) is 48.5 Å². The van der Waals surface area contributed by atoms with Gasteiger partial charge in [0.15, 0.2) is 0 Å². The third-order valence-corrected chi connectivity index (χ3v) is 2.74. The fourth-order valence-electron chi connectivity index (χ4n) is 1.38. The first-order chi connectivity index (χ1) is 8.15. The fourth-order valence-corrected chi connectivity index (χ4v) is 1.38. The minimum absolute atomic E-state index is 0.775. The maximum atomic E-state index is 10.2. The molecular weight excluding hydrogens is 208 g/mol. The molecule has 0 saturated carbocycles. The second kappa shape index (κ2) is 6.64. The van der Waals surface area contributed by atoms with Crippen LogP contribution >= 0.6 is 0 Å². The van der Waals surface area contributed by atoms with Gasteiger partial charge in [0.25, 0.3) is 0 Å². The Morgan fingerprint density at radius 3 is 1.41 bits per heavy atom. The Labute approximate surface area is 103 Å². The lowest BCUT2D eigenvalue weighted by atomic mass is 10.1. The Kier molecular flexibility index (Phi) is 5.15. The Morgan fingerprint density at radius 2 is 1.12 bits per heavy atom. The van der Waals surface area contributed by atoms with E-state index in [1.54, 1.807) is 0 Å². The summed E-state index contributed by atoms with van der Waals surface area (Å²) in [5.41, 5.74) is 4.55. The van der Waals surface area contributed by atoms with E-state index < -0.39 is 0 Å². The van der Waals surface area contributed by atoms with Crippen LogP contribution in [0, 0.1) is 20.8 Å². The fraction of sp³-hybridized carbons (Fsp3) is 0.188. The molecule has 0 aromatic heterocycles. The molecule has 2 aromatic rings. The molecular formula is C16H18O. The molecule has 0 radical (unpaired) electrons. The smallest absolute Gasteiger partial charge is 0.150 e. The third kappa shape index (κ3) is 4.23. The first kappa shape index (κ1) is 13.2. The first-order valence-electron chi connectivity index (χ1n) is 5.68. The zero-order chi connectivity index (χ0) is 12.7. The van der Waals surface area contributed by atoms with Crippen LogP contribution in [0.1, 0.15) is 27.0 Å². The molecule has 0 saturated heterocycles. The van der Waals surface area contributed by atoms with Crippen molar-refractivity contribution in [1.82, 2.24) is 0 Å². The van der Waals surface area contributed by atoms with Crippen molar-refractivity contribution in [3.63, 3.8) is 0 Å². The Balaban J connectivity index is 0.000000171. The molecule has 88 valence electrons. The van der Waals surface area contributed by atoms with Crippen LogP contribution in [0.2, 0.25) is 0 Å². The zero-order valence-electron chi connectivity index (χ0n) is 10.6. The summed E-state index contributed by atoms with van der Waals surface area (Å²) in [4.78, 5) is 10.2. The topological polar surface area (TPSA) is 17.1 Å². The molecule has 0 spiro atoms. The summed E-state index contributed by atoms with van der Waals surface area (Å²) in [7, 11) is 0. The number of aldehydes is 1. The van der Waals surface area contributed by atoms with Gasteiger partial charge in [0.2, 0.25) is 0 Å². The van der Waals surface area contributed by atoms with Gasteiger partial charge in [-0.15, -0.1) is 0 Å². The van der Waals surface area contributed by atoms with Gasteiger partial charge < -0.3 is 0 Å². The summed E-state index contributed by atoms with van der Waals surface area (Å²) in [6.07, 6.45) is 0.870. The maximum absolute atomic E-state index is 10.2. The van der Waals surface area contributed by atoms with Crippen LogP contribution in [0.3, 0.4) is 0 Å². The van der Waals surface area contributed by atoms with Gasteiger partial charge in [0.1, 0.15) is 6.29 Å². The average Bonchev–Trinajstić information content (AvgIpc) is 2.34. The Hall–Kier alpha value is -1.89. The lowest BCUT2D eigenvalue weighted by molar-refractivity contribution is 0.112. The summed E-state index contributed by atoms with van der Waals surface area (Å²) < 4.78 is 0. The minimum Gasteiger partial charge on any atom is -0.298 e. The van der Waals surface area contributed by atoms with Crippen molar-refractivity contribution in [3.05, 3.63) is 70.8 Å². The van der Waals surface area contributed by atoms with Crippen molar-refractivity contribution in [2.75, 3.05) is 0 Å². The molecule has 0 aliphatic heterocycles. The van der Waals surface area contributed by atoms with Crippen molar-refractivity contribution in [3.8, 4) is 0 Å². The highest BCUT2D eigenvalue weighted by molar-refractivity contribution is 5.76. The number of hydrogen-bond acceptors (Lipinski definition) is 1. The highest BCUT2D eigenvalue weighted by Crippen LogP contribution is 2.03. The van der Waals surface area contributed by atoms with Crippen LogP contribution in [-0.2, 0) is 0 Å². The van der Waals surface area contributed by atoms with Crippen LogP contribution in [0.5, 0.6) is 0 Å². The number of hydrogen-bond donors (Lipinski definition) is 0. The van der Waals surface area contributed by atoms with Gasteiger partial charge in [0.05, 0.1) is 0 Å². The summed E-state index contributed by atoms with van der Waals surface area (Å²) in [5.74, 6) is 0. The Bertz CT molecular complexity index is 465. The van der Waals surface area contributed by atoms with Crippen LogP contribution in [0.4, 0.5) is 0 Å². The number of rotatable bonds is 1. The lowest BCUT2D eigenvalue weighted by Crippen LogP contribution is -1.82. The van der Waals surface area contributed by atoms with E-state index in [4.69, 9.17) is 0 Å². The first-order valence-corrected chi connectivity index (χ1v) is 5.68. The van der Waals surface area contributed by atoms with E-state index in [1.807, 2.05) is 31.2 Å². The normalized spacial score (nSPS) is 9.12. The number of benzene rings is 2. The summed E-state index contributed by atoms with van der Waals surface area (Å²) in [6.45, 7) is 6.16. The van der Waals surface area contributed by atoms with Crippen LogP contribution < -0.4 is 0 Å². The summed E-state index contributed by atoms with van der Waals surface area (Å²) in [6, 6.07) is 15.9. The standard InChI is InChI=1S/C8H8O.C8H10/c1-7-4-2-3-5-8(7)6-9;1-7-5-3-4-6-8(7)2/h2-6H,1H3;3-6H,1-2H3. The molecule has 17 heavy (non-hydrogen) atoms. The van der Waals surface area contributed by atoms with E-state index in [1.165, 1.54) is 11.1 Å². The monoisotopic (exact) mass is 226 g/mol. The maximum Gasteiger partial charge on any atom is 0.150 e. The molecule has 0 N–H and O–H groups in total. The molecule has 2 rings (SSSR count). The molecule has 1 nitrogen and oxygen atoms in total. The highest BCUT2D eigenvalue weighted by Gasteiger charge is 1.90. The van der Waals surface area contributed by atoms with Gasteiger partial charge in [0, 0.05) is 5.56 Å². The predicted molar refractivity (Wildman–Crippen MR) is 72.5 cm³/mol. The van der Waals surface area contributed by atoms with Gasteiger partial charge in [-0.2, -0.15) is 0 Å². The molecule has 0 unspecified atom stereocenters. The molecule has 0 heterocycles. The summed E-state index contributed by atoms with van der Waals surface area (Å²) in [5, 5.41) is 0. The van der Waals surface area contributed by atoms with E-state index in [-0.39, 0.29) is 0 Å². The molecule has 0 aliphatic carbocycles. The van der Waals surface area contributed by atoms with Crippen molar-refractivity contribution >= 4 is 6.29 Å². The van der Waals surface area contributed by atoms with Crippen molar-refractivity contribution in [2.45, 2.75) is 20.8 Å². The zero-order valence-corrected chi connectivity index (χ0v) is 10.6. The number of carbonyl (C=O) groups is 1. The van der Waals surface area contributed by atoms with E-state index >= 15 is 0 Å². The van der Waals surface area contributed by atoms with Gasteiger partial charge in [-0.25, -0.2) is 0 Å². The minimum atomic E-state index is 0.775. The molecule has 0 atom stereocenters.